The number of aromatic nitrogens is 3. The molecule has 0 saturated carbocycles. The van der Waals surface area contributed by atoms with Gasteiger partial charge in [-0.3, -0.25) is 4.79 Å². The summed E-state index contributed by atoms with van der Waals surface area (Å²) in [4.78, 5) is 24.3. The number of nitrogens with two attached hydrogens (primary N) is 1. The van der Waals surface area contributed by atoms with Crippen molar-refractivity contribution in [3.05, 3.63) is 47.9 Å². The van der Waals surface area contributed by atoms with E-state index in [4.69, 9.17) is 5.73 Å². The fraction of sp³-hybridized carbons (Fsp3) is 0.316. The minimum absolute atomic E-state index is 0.0523. The molecule has 3 aromatic rings. The highest BCUT2D eigenvalue weighted by atomic mass is 19.4. The third-order valence-corrected chi connectivity index (χ3v) is 5.12. The summed E-state index contributed by atoms with van der Waals surface area (Å²) in [6.07, 6.45) is -1.76. The van der Waals surface area contributed by atoms with Crippen LogP contribution < -0.4 is 16.0 Å². The summed E-state index contributed by atoms with van der Waals surface area (Å²) < 4.78 is 53.0. The Bertz CT molecular complexity index is 1070. The topological polar surface area (TPSA) is 99.9 Å². The summed E-state index contributed by atoms with van der Waals surface area (Å²) in [5, 5.41) is 3.70. The van der Waals surface area contributed by atoms with Gasteiger partial charge in [0, 0.05) is 30.5 Å². The molecule has 1 fully saturated rings. The number of aromatic amines is 1. The first-order chi connectivity index (χ1) is 14.2. The third kappa shape index (κ3) is 3.74. The molecule has 7 nitrogen and oxygen atoms in total. The highest BCUT2D eigenvalue weighted by Crippen LogP contribution is 2.31. The van der Waals surface area contributed by atoms with Crippen molar-refractivity contribution < 1.29 is 22.4 Å². The van der Waals surface area contributed by atoms with Gasteiger partial charge in [0.05, 0.1) is 29.4 Å². The number of rotatable bonds is 4. The number of anilines is 2. The van der Waals surface area contributed by atoms with Gasteiger partial charge < -0.3 is 20.9 Å². The molecule has 1 amide bonds. The molecule has 2 atom stereocenters. The smallest absolute Gasteiger partial charge is 0.378 e. The molecule has 0 aliphatic carbocycles. The quantitative estimate of drug-likeness (QED) is 0.561. The molecule has 4 heterocycles. The second-order valence-corrected chi connectivity index (χ2v) is 7.06. The molecule has 1 saturated heterocycles. The Kier molecular flexibility index (Phi) is 4.96. The highest BCUT2D eigenvalue weighted by Gasteiger charge is 2.33. The molecule has 3 aromatic heterocycles. The second-order valence-electron chi connectivity index (χ2n) is 7.06. The lowest BCUT2D eigenvalue weighted by atomic mass is 10.0. The third-order valence-electron chi connectivity index (χ3n) is 5.12. The molecule has 30 heavy (non-hydrogen) atoms. The number of H-pyrrole nitrogens is 1. The summed E-state index contributed by atoms with van der Waals surface area (Å²) >= 11 is 0. The number of primary amides is 1. The molecule has 1 aliphatic rings. The zero-order valence-electron chi connectivity index (χ0n) is 15.6. The first-order valence-corrected chi connectivity index (χ1v) is 9.18. The van der Waals surface area contributed by atoms with Crippen molar-refractivity contribution in [2.75, 3.05) is 23.3 Å². The van der Waals surface area contributed by atoms with Crippen molar-refractivity contribution in [3.8, 4) is 0 Å². The second kappa shape index (κ2) is 7.47. The van der Waals surface area contributed by atoms with Crippen LogP contribution in [0.1, 0.15) is 22.3 Å². The van der Waals surface area contributed by atoms with Gasteiger partial charge in [-0.05, 0) is 24.6 Å². The Labute approximate surface area is 168 Å². The van der Waals surface area contributed by atoms with Crippen LogP contribution in [-0.4, -0.2) is 46.2 Å². The van der Waals surface area contributed by atoms with E-state index >= 15 is 0 Å². The Morgan fingerprint density at radius 2 is 2.03 bits per heavy atom. The van der Waals surface area contributed by atoms with Crippen LogP contribution in [0.4, 0.5) is 29.1 Å². The number of hydrogen-bond acceptors (Lipinski definition) is 5. The van der Waals surface area contributed by atoms with Crippen LogP contribution in [0.5, 0.6) is 0 Å². The molecule has 4 N–H and O–H groups in total. The predicted molar refractivity (Wildman–Crippen MR) is 103 cm³/mol. The summed E-state index contributed by atoms with van der Waals surface area (Å²) in [5.41, 5.74) is 5.67. The first-order valence-electron chi connectivity index (χ1n) is 9.18. The number of hydrogen-bond donors (Lipinski definition) is 3. The van der Waals surface area contributed by atoms with Crippen molar-refractivity contribution in [1.29, 1.82) is 0 Å². The van der Waals surface area contributed by atoms with Crippen molar-refractivity contribution >= 4 is 28.4 Å². The molecule has 11 heteroatoms. The Morgan fingerprint density at radius 1 is 1.23 bits per heavy atom. The summed E-state index contributed by atoms with van der Waals surface area (Å²) in [6.45, 7) is 0.326. The normalized spacial score (nSPS) is 19.8. The Hall–Kier alpha value is -3.37. The molecular formula is C19H18F4N6O. The predicted octanol–water partition coefficient (Wildman–Crippen LogP) is 3.10. The van der Waals surface area contributed by atoms with E-state index in [2.05, 4.69) is 20.3 Å². The number of amides is 1. The Balaban J connectivity index is 1.51. The number of alkyl halides is 4. The SMILES string of the molecule is NC(=O)c1cnc2[nH]ccc2c1N[C@@H]1CCN(c2ccc(C(F)(F)F)cn2)C[C@@H]1F. The maximum Gasteiger partial charge on any atom is 0.417 e. The van der Waals surface area contributed by atoms with Gasteiger partial charge in [0.1, 0.15) is 17.6 Å². The van der Waals surface area contributed by atoms with Gasteiger partial charge >= 0.3 is 6.18 Å². The van der Waals surface area contributed by atoms with Crippen LogP contribution in [0.3, 0.4) is 0 Å². The van der Waals surface area contributed by atoms with Crippen LogP contribution in [0.2, 0.25) is 0 Å². The first kappa shape index (κ1) is 19.9. The number of pyridine rings is 2. The van der Waals surface area contributed by atoms with Crippen LogP contribution in [0, 0.1) is 0 Å². The van der Waals surface area contributed by atoms with Crippen LogP contribution in [-0.2, 0) is 6.18 Å². The number of fused-ring (bicyclic) bond motifs is 1. The fourth-order valence-electron chi connectivity index (χ4n) is 3.55. The molecule has 0 aromatic carbocycles. The van der Waals surface area contributed by atoms with Gasteiger partial charge in [0.25, 0.3) is 5.91 Å². The molecule has 158 valence electrons. The van der Waals surface area contributed by atoms with Crippen molar-refractivity contribution in [2.24, 2.45) is 5.73 Å². The molecule has 1 aliphatic heterocycles. The fourth-order valence-corrected chi connectivity index (χ4v) is 3.55. The molecule has 0 unspecified atom stereocenters. The lowest BCUT2D eigenvalue weighted by Crippen LogP contribution is -2.48. The average Bonchev–Trinajstić information content (AvgIpc) is 3.18. The van der Waals surface area contributed by atoms with Gasteiger partial charge in [-0.25, -0.2) is 14.4 Å². The van der Waals surface area contributed by atoms with Crippen LogP contribution >= 0.6 is 0 Å². The van der Waals surface area contributed by atoms with Gasteiger partial charge in [-0.2, -0.15) is 13.2 Å². The number of halogens is 4. The van der Waals surface area contributed by atoms with Crippen molar-refractivity contribution in [2.45, 2.75) is 24.8 Å². The van der Waals surface area contributed by atoms with E-state index in [1.807, 2.05) is 0 Å². The van der Waals surface area contributed by atoms with E-state index < -0.39 is 29.9 Å². The molecule has 4 rings (SSSR count). The number of piperidine rings is 1. The standard InChI is InChI=1S/C19H18F4N6O/c20-13-9-29(15-2-1-10(7-26-15)19(21,22)23)6-4-14(13)28-16-11-3-5-25-18(11)27-8-12(16)17(24)30/h1-3,5,7-8,13-14H,4,6,9H2,(H2,24,30)(H2,25,27,28)/t13-,14+/m0/s1. The van der Waals surface area contributed by atoms with Crippen molar-refractivity contribution in [3.63, 3.8) is 0 Å². The maximum absolute atomic E-state index is 14.9. The largest absolute Gasteiger partial charge is 0.417 e. The van der Waals surface area contributed by atoms with Crippen molar-refractivity contribution in [1.82, 2.24) is 15.0 Å². The van der Waals surface area contributed by atoms with Gasteiger partial charge in [-0.1, -0.05) is 0 Å². The summed E-state index contributed by atoms with van der Waals surface area (Å²) in [7, 11) is 0. The molecule has 0 spiro atoms. The van der Waals surface area contributed by atoms with Crippen LogP contribution in [0.15, 0.2) is 36.8 Å². The van der Waals surface area contributed by atoms with E-state index in [1.165, 1.54) is 12.3 Å². The minimum atomic E-state index is -4.47. The number of nitrogens with zero attached hydrogens (tertiary/aromatic N) is 3. The minimum Gasteiger partial charge on any atom is -0.378 e. The Morgan fingerprint density at radius 3 is 2.67 bits per heavy atom. The number of nitrogens with one attached hydrogen (secondary N) is 2. The highest BCUT2D eigenvalue weighted by molar-refractivity contribution is 6.06. The van der Waals surface area contributed by atoms with E-state index in [0.717, 1.165) is 12.3 Å². The number of carbonyl (C=O) groups is 1. The van der Waals surface area contributed by atoms with Gasteiger partial charge in [-0.15, -0.1) is 0 Å². The van der Waals surface area contributed by atoms with Crippen LogP contribution in [0.25, 0.3) is 11.0 Å². The zero-order valence-corrected chi connectivity index (χ0v) is 15.6. The van der Waals surface area contributed by atoms with E-state index in [1.54, 1.807) is 17.2 Å². The molecule has 0 radical (unpaired) electrons. The number of carbonyl (C=O) groups excluding carboxylic acids is 1. The van der Waals surface area contributed by atoms with E-state index in [-0.39, 0.29) is 17.9 Å². The maximum atomic E-state index is 14.9. The zero-order chi connectivity index (χ0) is 21.5. The lowest BCUT2D eigenvalue weighted by Gasteiger charge is -2.36. The molecule has 0 bridgehead atoms. The molecular weight excluding hydrogens is 404 g/mol. The lowest BCUT2D eigenvalue weighted by molar-refractivity contribution is -0.137. The monoisotopic (exact) mass is 422 g/mol. The van der Waals surface area contributed by atoms with Gasteiger partial charge in [0.2, 0.25) is 0 Å². The van der Waals surface area contributed by atoms with Gasteiger partial charge in [0.15, 0.2) is 0 Å². The van der Waals surface area contributed by atoms with E-state index in [9.17, 15) is 22.4 Å². The van der Waals surface area contributed by atoms with E-state index in [0.29, 0.717) is 29.7 Å². The average molecular weight is 422 g/mol. The summed E-state index contributed by atoms with van der Waals surface area (Å²) in [5.74, 6) is -0.409. The summed E-state index contributed by atoms with van der Waals surface area (Å²) in [6, 6.07) is 3.26.